The molecule has 0 saturated heterocycles. The van der Waals surface area contributed by atoms with Crippen LogP contribution < -0.4 is 0 Å². The molecule has 0 saturated carbocycles. The van der Waals surface area contributed by atoms with Crippen LogP contribution in [-0.4, -0.2) is 18.2 Å². The first kappa shape index (κ1) is 19.3. The second-order valence-electron chi connectivity index (χ2n) is 7.02. The van der Waals surface area contributed by atoms with Crippen molar-refractivity contribution in [1.29, 1.82) is 0 Å². The molecule has 0 radical (unpaired) electrons. The average Bonchev–Trinajstić information content (AvgIpc) is 2.20. The van der Waals surface area contributed by atoms with Crippen LogP contribution in [0.25, 0.3) is 0 Å². The lowest BCUT2D eigenvalue weighted by molar-refractivity contribution is -0.230. The lowest BCUT2D eigenvalue weighted by Gasteiger charge is -2.41. The molecular weight excluding hydrogens is 269 g/mol. The Morgan fingerprint density at radius 1 is 1.10 bits per heavy atom. The smallest absolute Gasteiger partial charge is 0.425 e. The van der Waals surface area contributed by atoms with E-state index in [0.29, 0.717) is 6.42 Å². The summed E-state index contributed by atoms with van der Waals surface area (Å²) in [6, 6.07) is 0. The lowest BCUT2D eigenvalue weighted by atomic mass is 9.64. The van der Waals surface area contributed by atoms with Crippen LogP contribution in [0.15, 0.2) is 0 Å². The molecule has 0 heterocycles. The van der Waals surface area contributed by atoms with E-state index in [0.717, 1.165) is 0 Å². The van der Waals surface area contributed by atoms with E-state index in [9.17, 15) is 18.0 Å². The number of hydrogen-bond acceptors (Lipinski definition) is 2. The monoisotopic (exact) mass is 296 g/mol. The van der Waals surface area contributed by atoms with Crippen molar-refractivity contribution in [2.24, 2.45) is 16.7 Å². The molecule has 0 aliphatic rings. The highest BCUT2D eigenvalue weighted by molar-refractivity contribution is 5.77. The van der Waals surface area contributed by atoms with Crippen molar-refractivity contribution in [3.63, 3.8) is 0 Å². The third-order valence-corrected chi connectivity index (χ3v) is 3.91. The van der Waals surface area contributed by atoms with Crippen LogP contribution in [0.1, 0.15) is 61.3 Å². The fourth-order valence-electron chi connectivity index (χ4n) is 2.15. The van der Waals surface area contributed by atoms with Crippen molar-refractivity contribution >= 4 is 5.97 Å². The molecule has 0 amide bonds. The molecule has 2 unspecified atom stereocenters. The van der Waals surface area contributed by atoms with Crippen molar-refractivity contribution < 1.29 is 22.7 Å². The summed E-state index contributed by atoms with van der Waals surface area (Å²) < 4.78 is 43.0. The molecule has 0 aromatic rings. The number of ether oxygens (including phenoxy) is 1. The van der Waals surface area contributed by atoms with E-state index >= 15 is 0 Å². The Labute approximate surface area is 120 Å². The molecule has 2 nitrogen and oxygen atoms in total. The van der Waals surface area contributed by atoms with Gasteiger partial charge in [-0.15, -0.1) is 0 Å². The van der Waals surface area contributed by atoms with Crippen molar-refractivity contribution in [2.45, 2.75) is 73.6 Å². The maximum Gasteiger partial charge on any atom is 0.425 e. The van der Waals surface area contributed by atoms with Crippen molar-refractivity contribution in [1.82, 2.24) is 0 Å². The fraction of sp³-hybridized carbons (Fsp3) is 0.933. The first-order valence-corrected chi connectivity index (χ1v) is 7.03. The van der Waals surface area contributed by atoms with Crippen molar-refractivity contribution in [3.05, 3.63) is 0 Å². The SMILES string of the molecule is CCC(OC(=O)C(C)(CC(C)C)C(C)(C)C)C(F)(F)F. The van der Waals surface area contributed by atoms with Gasteiger partial charge in [-0.1, -0.05) is 41.5 Å². The van der Waals surface area contributed by atoms with E-state index in [-0.39, 0.29) is 12.3 Å². The maximum absolute atomic E-state index is 12.8. The Bertz CT molecular complexity index is 329. The number of esters is 1. The van der Waals surface area contributed by atoms with E-state index in [1.807, 2.05) is 34.6 Å². The fourth-order valence-corrected chi connectivity index (χ4v) is 2.15. The normalized spacial score (nSPS) is 17.8. The third kappa shape index (κ3) is 4.67. The second kappa shape index (κ2) is 6.35. The molecule has 120 valence electrons. The number of carbonyl (C=O) groups excluding carboxylic acids is 1. The zero-order valence-electron chi connectivity index (χ0n) is 13.5. The third-order valence-electron chi connectivity index (χ3n) is 3.91. The molecule has 20 heavy (non-hydrogen) atoms. The molecule has 0 bridgehead atoms. The van der Waals surface area contributed by atoms with Crippen LogP contribution in [-0.2, 0) is 9.53 Å². The summed E-state index contributed by atoms with van der Waals surface area (Å²) in [6.07, 6.45) is -6.31. The van der Waals surface area contributed by atoms with Gasteiger partial charge in [-0.3, -0.25) is 4.79 Å². The maximum atomic E-state index is 12.8. The number of hydrogen-bond donors (Lipinski definition) is 0. The van der Waals surface area contributed by atoms with Gasteiger partial charge < -0.3 is 4.74 Å². The topological polar surface area (TPSA) is 26.3 Å². The summed E-state index contributed by atoms with van der Waals surface area (Å²) in [7, 11) is 0. The Morgan fingerprint density at radius 2 is 1.55 bits per heavy atom. The van der Waals surface area contributed by atoms with Gasteiger partial charge in [-0.25, -0.2) is 0 Å². The molecule has 0 spiro atoms. The van der Waals surface area contributed by atoms with Gasteiger partial charge in [0.2, 0.25) is 0 Å². The molecule has 2 atom stereocenters. The van der Waals surface area contributed by atoms with Crippen LogP contribution in [0.3, 0.4) is 0 Å². The molecule has 5 heteroatoms. The summed E-state index contributed by atoms with van der Waals surface area (Å²) in [6.45, 7) is 12.5. The van der Waals surface area contributed by atoms with Crippen LogP contribution >= 0.6 is 0 Å². The van der Waals surface area contributed by atoms with Crippen molar-refractivity contribution in [2.75, 3.05) is 0 Å². The van der Waals surface area contributed by atoms with Crippen molar-refractivity contribution in [3.8, 4) is 0 Å². The van der Waals surface area contributed by atoms with E-state index in [4.69, 9.17) is 4.74 Å². The molecule has 0 aromatic carbocycles. The summed E-state index contributed by atoms with van der Waals surface area (Å²) in [4.78, 5) is 12.3. The predicted molar refractivity (Wildman–Crippen MR) is 73.2 cm³/mol. The van der Waals surface area contributed by atoms with Gasteiger partial charge in [0.15, 0.2) is 6.10 Å². The van der Waals surface area contributed by atoms with E-state index < -0.39 is 29.1 Å². The standard InChI is InChI=1S/C15H27F3O2/c1-8-11(15(16,17)18)20-12(19)14(7,9-10(2)3)13(4,5)6/h10-11H,8-9H2,1-7H3. The Morgan fingerprint density at radius 3 is 1.80 bits per heavy atom. The lowest BCUT2D eigenvalue weighted by Crippen LogP contribution is -2.46. The Kier molecular flexibility index (Phi) is 6.12. The van der Waals surface area contributed by atoms with Gasteiger partial charge in [0.05, 0.1) is 5.41 Å². The first-order valence-electron chi connectivity index (χ1n) is 7.03. The van der Waals surface area contributed by atoms with Crippen LogP contribution in [0, 0.1) is 16.7 Å². The predicted octanol–water partition coefficient (Wildman–Crippen LogP) is 4.97. The highest BCUT2D eigenvalue weighted by Crippen LogP contribution is 2.45. The summed E-state index contributed by atoms with van der Waals surface area (Å²) in [5.74, 6) is -0.569. The number of alkyl halides is 3. The number of carbonyl (C=O) groups is 1. The van der Waals surface area contributed by atoms with Gasteiger partial charge >= 0.3 is 12.1 Å². The Balaban J connectivity index is 5.27. The molecule has 0 aromatic heterocycles. The van der Waals surface area contributed by atoms with E-state index in [1.165, 1.54) is 6.92 Å². The minimum absolute atomic E-state index is 0.192. The van der Waals surface area contributed by atoms with Gasteiger partial charge in [-0.2, -0.15) is 13.2 Å². The molecular formula is C15H27F3O2. The molecule has 0 rings (SSSR count). The molecule has 0 N–H and O–H groups in total. The van der Waals surface area contributed by atoms with Gasteiger partial charge in [-0.05, 0) is 31.1 Å². The van der Waals surface area contributed by atoms with Gasteiger partial charge in [0, 0.05) is 0 Å². The van der Waals surface area contributed by atoms with E-state index in [1.54, 1.807) is 6.92 Å². The van der Waals surface area contributed by atoms with Gasteiger partial charge in [0.1, 0.15) is 0 Å². The zero-order chi connectivity index (χ0) is 16.4. The zero-order valence-corrected chi connectivity index (χ0v) is 13.5. The first-order chi connectivity index (χ1) is 8.75. The summed E-state index contributed by atoms with van der Waals surface area (Å²) in [5.41, 5.74) is -1.42. The number of rotatable bonds is 5. The van der Waals surface area contributed by atoms with Gasteiger partial charge in [0.25, 0.3) is 0 Å². The van der Waals surface area contributed by atoms with E-state index in [2.05, 4.69) is 0 Å². The molecule has 0 aliphatic carbocycles. The van der Waals surface area contributed by atoms with Crippen LogP contribution in [0.2, 0.25) is 0 Å². The Hall–Kier alpha value is -0.740. The summed E-state index contributed by atoms with van der Waals surface area (Å²) >= 11 is 0. The second-order valence-corrected chi connectivity index (χ2v) is 7.02. The number of halogens is 3. The highest BCUT2D eigenvalue weighted by Gasteiger charge is 2.49. The quantitative estimate of drug-likeness (QED) is 0.670. The molecule has 0 fully saturated rings. The molecule has 0 aliphatic heterocycles. The largest absolute Gasteiger partial charge is 0.452 e. The minimum atomic E-state index is -4.51. The minimum Gasteiger partial charge on any atom is -0.452 e. The van der Waals surface area contributed by atoms with Crippen LogP contribution in [0.5, 0.6) is 0 Å². The summed E-state index contributed by atoms with van der Waals surface area (Å²) in [5, 5.41) is 0. The highest BCUT2D eigenvalue weighted by atomic mass is 19.4. The van der Waals surface area contributed by atoms with Crippen LogP contribution in [0.4, 0.5) is 13.2 Å². The average molecular weight is 296 g/mol.